The minimum atomic E-state index is -0.314. The number of halogens is 1. The first-order chi connectivity index (χ1) is 9.47. The molecule has 0 aliphatic carbocycles. The summed E-state index contributed by atoms with van der Waals surface area (Å²) in [6.45, 7) is 0. The average Bonchev–Trinajstić information content (AvgIpc) is 2.86. The molecule has 0 saturated heterocycles. The van der Waals surface area contributed by atoms with Gasteiger partial charge in [0.1, 0.15) is 5.69 Å². The molecule has 1 N–H and O–H groups in total. The zero-order valence-electron chi connectivity index (χ0n) is 10.9. The highest BCUT2D eigenvalue weighted by Crippen LogP contribution is 2.18. The number of rotatable bonds is 3. The Kier molecular flexibility index (Phi) is 4.36. The molecule has 1 heterocycles. The van der Waals surface area contributed by atoms with E-state index < -0.39 is 0 Å². The SMILES string of the molecule is CN(C)C(=O)c1csc(NC(=O)c2cccc(Cl)c2)n1. The molecule has 7 heteroatoms. The maximum Gasteiger partial charge on any atom is 0.272 e. The van der Waals surface area contributed by atoms with Crippen LogP contribution in [0, 0.1) is 0 Å². The van der Waals surface area contributed by atoms with E-state index in [2.05, 4.69) is 10.3 Å². The van der Waals surface area contributed by atoms with E-state index in [1.807, 2.05) is 0 Å². The van der Waals surface area contributed by atoms with Gasteiger partial charge in [0, 0.05) is 30.1 Å². The normalized spacial score (nSPS) is 10.2. The Bertz CT molecular complexity index is 655. The van der Waals surface area contributed by atoms with Gasteiger partial charge in [-0.3, -0.25) is 14.9 Å². The summed E-state index contributed by atoms with van der Waals surface area (Å²) in [5.41, 5.74) is 0.745. The van der Waals surface area contributed by atoms with Gasteiger partial charge < -0.3 is 4.90 Å². The van der Waals surface area contributed by atoms with Gasteiger partial charge in [0.15, 0.2) is 5.13 Å². The molecule has 0 fully saturated rings. The molecule has 104 valence electrons. The van der Waals surface area contributed by atoms with E-state index >= 15 is 0 Å². The van der Waals surface area contributed by atoms with E-state index in [1.165, 1.54) is 16.2 Å². The van der Waals surface area contributed by atoms with Crippen molar-refractivity contribution in [3.8, 4) is 0 Å². The molecule has 5 nitrogen and oxygen atoms in total. The highest BCUT2D eigenvalue weighted by Gasteiger charge is 2.14. The van der Waals surface area contributed by atoms with Gasteiger partial charge in [-0.15, -0.1) is 11.3 Å². The molecule has 2 amide bonds. The summed E-state index contributed by atoms with van der Waals surface area (Å²) in [6, 6.07) is 6.60. The molecule has 0 aliphatic heterocycles. The number of nitrogens with zero attached hydrogens (tertiary/aromatic N) is 2. The smallest absolute Gasteiger partial charge is 0.272 e. The third-order valence-corrected chi connectivity index (χ3v) is 3.43. The van der Waals surface area contributed by atoms with Gasteiger partial charge >= 0.3 is 0 Å². The van der Waals surface area contributed by atoms with Crippen LogP contribution in [0.1, 0.15) is 20.8 Å². The second kappa shape index (κ2) is 6.02. The highest BCUT2D eigenvalue weighted by atomic mass is 35.5. The number of hydrogen-bond donors (Lipinski definition) is 1. The molecule has 20 heavy (non-hydrogen) atoms. The van der Waals surface area contributed by atoms with Crippen LogP contribution in [0.2, 0.25) is 5.02 Å². The van der Waals surface area contributed by atoms with Crippen LogP contribution in [0.4, 0.5) is 5.13 Å². The number of carbonyl (C=O) groups is 2. The maximum atomic E-state index is 12.0. The third kappa shape index (κ3) is 3.34. The first kappa shape index (κ1) is 14.5. The zero-order chi connectivity index (χ0) is 14.7. The van der Waals surface area contributed by atoms with Crippen molar-refractivity contribution in [3.63, 3.8) is 0 Å². The van der Waals surface area contributed by atoms with Crippen LogP contribution in [0.3, 0.4) is 0 Å². The Morgan fingerprint density at radius 1 is 1.35 bits per heavy atom. The number of nitrogens with one attached hydrogen (secondary N) is 1. The monoisotopic (exact) mass is 309 g/mol. The molecule has 2 rings (SSSR count). The van der Waals surface area contributed by atoms with Gasteiger partial charge in [-0.25, -0.2) is 4.98 Å². The van der Waals surface area contributed by atoms with E-state index in [9.17, 15) is 9.59 Å². The van der Waals surface area contributed by atoms with Gasteiger partial charge in [-0.1, -0.05) is 17.7 Å². The molecule has 0 atom stereocenters. The second-order valence-electron chi connectivity index (χ2n) is 4.20. The average molecular weight is 310 g/mol. The Balaban J connectivity index is 2.11. The fourth-order valence-corrected chi connectivity index (χ4v) is 2.33. The summed E-state index contributed by atoms with van der Waals surface area (Å²) in [5, 5.41) is 5.11. The summed E-state index contributed by atoms with van der Waals surface area (Å²) in [7, 11) is 3.29. The summed E-state index contributed by atoms with van der Waals surface area (Å²) in [5.74, 6) is -0.518. The van der Waals surface area contributed by atoms with Crippen molar-refractivity contribution in [2.45, 2.75) is 0 Å². The summed E-state index contributed by atoms with van der Waals surface area (Å²) in [4.78, 5) is 29.2. The summed E-state index contributed by atoms with van der Waals surface area (Å²) >= 11 is 7.03. The van der Waals surface area contributed by atoms with Crippen molar-refractivity contribution < 1.29 is 9.59 Å². The molecule has 2 aromatic rings. The second-order valence-corrected chi connectivity index (χ2v) is 5.50. The molecule has 1 aromatic carbocycles. The fraction of sp³-hybridized carbons (Fsp3) is 0.154. The van der Waals surface area contributed by atoms with Crippen LogP contribution in [0.25, 0.3) is 0 Å². The van der Waals surface area contributed by atoms with Crippen LogP contribution < -0.4 is 5.32 Å². The van der Waals surface area contributed by atoms with Gasteiger partial charge in [0.25, 0.3) is 11.8 Å². The maximum absolute atomic E-state index is 12.0. The predicted molar refractivity (Wildman–Crippen MR) is 79.5 cm³/mol. The van der Waals surface area contributed by atoms with Crippen LogP contribution in [0.5, 0.6) is 0 Å². The number of thiazole rings is 1. The lowest BCUT2D eigenvalue weighted by atomic mass is 10.2. The number of carbonyl (C=O) groups excluding carboxylic acids is 2. The first-order valence-corrected chi connectivity index (χ1v) is 6.97. The summed E-state index contributed by atoms with van der Waals surface area (Å²) < 4.78 is 0. The molecule has 0 spiro atoms. The van der Waals surface area contributed by atoms with Gasteiger partial charge in [-0.05, 0) is 18.2 Å². The van der Waals surface area contributed by atoms with Crippen molar-refractivity contribution in [2.75, 3.05) is 19.4 Å². The van der Waals surface area contributed by atoms with Crippen LogP contribution in [-0.2, 0) is 0 Å². The lowest BCUT2D eigenvalue weighted by Crippen LogP contribution is -2.22. The van der Waals surface area contributed by atoms with E-state index in [-0.39, 0.29) is 11.8 Å². The molecule has 0 unspecified atom stereocenters. The zero-order valence-corrected chi connectivity index (χ0v) is 12.5. The van der Waals surface area contributed by atoms with Crippen LogP contribution >= 0.6 is 22.9 Å². The minimum Gasteiger partial charge on any atom is -0.343 e. The van der Waals surface area contributed by atoms with Crippen LogP contribution in [0.15, 0.2) is 29.6 Å². The predicted octanol–water partition coefficient (Wildman–Crippen LogP) is 2.75. The van der Waals surface area contributed by atoms with E-state index in [1.54, 1.807) is 43.7 Å². The fourth-order valence-electron chi connectivity index (χ4n) is 1.46. The van der Waals surface area contributed by atoms with E-state index in [0.29, 0.717) is 21.4 Å². The molecule has 0 aliphatic rings. The first-order valence-electron chi connectivity index (χ1n) is 5.71. The number of anilines is 1. The van der Waals surface area contributed by atoms with Crippen molar-refractivity contribution >= 4 is 39.9 Å². The van der Waals surface area contributed by atoms with E-state index in [0.717, 1.165) is 0 Å². The number of aromatic nitrogens is 1. The standard InChI is InChI=1S/C13H12ClN3O2S/c1-17(2)12(19)10-7-20-13(15-10)16-11(18)8-4-3-5-9(14)6-8/h3-7H,1-2H3,(H,15,16,18). The molecular weight excluding hydrogens is 298 g/mol. The third-order valence-electron chi connectivity index (χ3n) is 2.44. The minimum absolute atomic E-state index is 0.204. The Labute approximate surface area is 125 Å². The Hall–Kier alpha value is -1.92. The highest BCUT2D eigenvalue weighted by molar-refractivity contribution is 7.14. The lowest BCUT2D eigenvalue weighted by Gasteiger charge is -2.06. The van der Waals surface area contributed by atoms with Crippen molar-refractivity contribution in [3.05, 3.63) is 45.9 Å². The van der Waals surface area contributed by atoms with Crippen LogP contribution in [-0.4, -0.2) is 35.8 Å². The Morgan fingerprint density at radius 2 is 2.10 bits per heavy atom. The molecular formula is C13H12ClN3O2S. The number of benzene rings is 1. The number of amides is 2. The molecule has 0 saturated carbocycles. The van der Waals surface area contributed by atoms with Gasteiger partial charge in [0.2, 0.25) is 0 Å². The summed E-state index contributed by atoms with van der Waals surface area (Å²) in [6.07, 6.45) is 0. The quantitative estimate of drug-likeness (QED) is 0.948. The van der Waals surface area contributed by atoms with Crippen molar-refractivity contribution in [1.82, 2.24) is 9.88 Å². The van der Waals surface area contributed by atoms with Crippen molar-refractivity contribution in [1.29, 1.82) is 0 Å². The van der Waals surface area contributed by atoms with Crippen molar-refractivity contribution in [2.24, 2.45) is 0 Å². The molecule has 1 aromatic heterocycles. The molecule has 0 bridgehead atoms. The Morgan fingerprint density at radius 3 is 2.75 bits per heavy atom. The molecule has 0 radical (unpaired) electrons. The lowest BCUT2D eigenvalue weighted by molar-refractivity contribution is 0.0822. The largest absolute Gasteiger partial charge is 0.343 e. The van der Waals surface area contributed by atoms with E-state index in [4.69, 9.17) is 11.6 Å². The number of hydrogen-bond acceptors (Lipinski definition) is 4. The topological polar surface area (TPSA) is 62.3 Å². The van der Waals surface area contributed by atoms with Gasteiger partial charge in [-0.2, -0.15) is 0 Å². The van der Waals surface area contributed by atoms with Gasteiger partial charge in [0.05, 0.1) is 0 Å².